The maximum atomic E-state index is 15.3. The summed E-state index contributed by atoms with van der Waals surface area (Å²) in [6.07, 6.45) is 5.62. The van der Waals surface area contributed by atoms with Crippen LogP contribution in [0.2, 0.25) is 0 Å². The predicted molar refractivity (Wildman–Crippen MR) is 161 cm³/mol. The van der Waals surface area contributed by atoms with Crippen LogP contribution in [0.1, 0.15) is 113 Å². The van der Waals surface area contributed by atoms with Gasteiger partial charge in [-0.15, -0.1) is 0 Å². The lowest BCUT2D eigenvalue weighted by Crippen LogP contribution is -2.38. The molecule has 9 heteroatoms. The first kappa shape index (κ1) is 33.8. The zero-order valence-electron chi connectivity index (χ0n) is 25.9. The van der Waals surface area contributed by atoms with Gasteiger partial charge in [0.15, 0.2) is 12.1 Å². The third kappa shape index (κ3) is 8.45. The van der Waals surface area contributed by atoms with E-state index in [4.69, 9.17) is 14.2 Å². The van der Waals surface area contributed by atoms with Crippen molar-refractivity contribution in [1.82, 2.24) is 0 Å². The fourth-order valence-electron chi connectivity index (χ4n) is 7.49. The number of alkyl halides is 2. The third-order valence-electron chi connectivity index (χ3n) is 10.2. The molecule has 2 aromatic carbocycles. The first-order valence-electron chi connectivity index (χ1n) is 16.5. The fraction of sp³-hybridized carbons (Fsp3) is 0.611. The van der Waals surface area contributed by atoms with Crippen molar-refractivity contribution in [2.24, 2.45) is 23.7 Å². The van der Waals surface area contributed by atoms with Crippen LogP contribution in [0, 0.1) is 35.3 Å². The number of unbranched alkanes of at least 4 members (excludes halogenated alkanes) is 2. The summed E-state index contributed by atoms with van der Waals surface area (Å²) in [5.41, 5.74) is 0.774. The van der Waals surface area contributed by atoms with Crippen molar-refractivity contribution < 1.29 is 40.6 Å². The van der Waals surface area contributed by atoms with E-state index in [2.05, 4.69) is 6.92 Å². The Hall–Kier alpha value is -2.52. The number of hydrogen-bond donors (Lipinski definition) is 0. The molecule has 2 saturated carbocycles. The van der Waals surface area contributed by atoms with Crippen molar-refractivity contribution in [3.8, 4) is 5.75 Å². The molecule has 5 rings (SSSR count). The number of ether oxygens (including phenoxy) is 3. The summed E-state index contributed by atoms with van der Waals surface area (Å²) >= 11 is 0. The van der Waals surface area contributed by atoms with E-state index in [0.717, 1.165) is 49.8 Å². The van der Waals surface area contributed by atoms with Gasteiger partial charge in [0.1, 0.15) is 23.7 Å². The molecular weight excluding hydrogens is 594 g/mol. The maximum Gasteiger partial charge on any atom is 0.400 e. The van der Waals surface area contributed by atoms with Crippen LogP contribution in [0.5, 0.6) is 5.75 Å². The third-order valence-corrected chi connectivity index (χ3v) is 10.2. The zero-order chi connectivity index (χ0) is 32.0. The molecule has 0 bridgehead atoms. The van der Waals surface area contributed by atoms with E-state index in [0.29, 0.717) is 55.4 Å². The summed E-state index contributed by atoms with van der Waals surface area (Å²) in [7, 11) is 0. The monoisotopic (exact) mass is 638 g/mol. The molecule has 2 aliphatic carbocycles. The van der Waals surface area contributed by atoms with Gasteiger partial charge in [-0.05, 0) is 99.3 Å². The van der Waals surface area contributed by atoms with Crippen LogP contribution in [0.25, 0.3) is 5.83 Å². The molecule has 248 valence electrons. The van der Waals surface area contributed by atoms with Crippen molar-refractivity contribution in [2.75, 3.05) is 13.2 Å². The Balaban J connectivity index is 1.07. The van der Waals surface area contributed by atoms with Crippen LogP contribution in [-0.2, 0) is 9.47 Å². The highest BCUT2D eigenvalue weighted by Crippen LogP contribution is 2.47. The van der Waals surface area contributed by atoms with Crippen molar-refractivity contribution in [3.63, 3.8) is 0 Å². The van der Waals surface area contributed by atoms with E-state index in [1.54, 1.807) is 6.07 Å². The summed E-state index contributed by atoms with van der Waals surface area (Å²) in [4.78, 5) is 0. The lowest BCUT2D eigenvalue weighted by Gasteiger charge is -2.39. The summed E-state index contributed by atoms with van der Waals surface area (Å²) in [5, 5.41) is 0. The SMILES string of the molecule is CCCCCC1COC(c2ccc(C3CCC(C4CCC(C(F)(F)Oc5ccc(/C(F)=C/F)c(F)c5)CC4)CC3)c(F)c2)OC1. The topological polar surface area (TPSA) is 27.7 Å². The van der Waals surface area contributed by atoms with E-state index < -0.39 is 41.3 Å². The lowest BCUT2D eigenvalue weighted by molar-refractivity contribution is -0.224. The number of hydrogen-bond acceptors (Lipinski definition) is 3. The molecule has 2 aromatic rings. The molecule has 1 saturated heterocycles. The standard InChI is InChI=1S/C36H44F6O3/c1-2-3-4-5-23-21-43-35(44-22-23)27-12-16-30(32(38)18-27)26-8-6-24(7-9-26)25-10-13-28(14-11-25)36(41,42)45-29-15-17-31(33(39)19-29)34(40)20-37/h12,15-20,23-26,28,35H,2-11,13-14,21-22H2,1H3/b34-20-. The average molecular weight is 639 g/mol. The second-order valence-electron chi connectivity index (χ2n) is 13.1. The van der Waals surface area contributed by atoms with Crippen molar-refractivity contribution in [3.05, 3.63) is 71.1 Å². The number of halogens is 6. The molecule has 0 atom stereocenters. The van der Waals surface area contributed by atoms with Crippen LogP contribution >= 0.6 is 0 Å². The minimum atomic E-state index is -3.52. The fourth-order valence-corrected chi connectivity index (χ4v) is 7.49. The average Bonchev–Trinajstić information content (AvgIpc) is 3.05. The quantitative estimate of drug-likeness (QED) is 0.181. The molecule has 0 aromatic heterocycles. The Labute approximate surface area is 262 Å². The van der Waals surface area contributed by atoms with Crippen molar-refractivity contribution in [2.45, 2.75) is 102 Å². The van der Waals surface area contributed by atoms with Gasteiger partial charge >= 0.3 is 6.11 Å². The summed E-state index contributed by atoms with van der Waals surface area (Å²) in [6.45, 7) is 3.44. The summed E-state index contributed by atoms with van der Waals surface area (Å²) < 4.78 is 102. The Morgan fingerprint density at radius 2 is 1.53 bits per heavy atom. The minimum absolute atomic E-state index is 0.126. The molecule has 0 radical (unpaired) electrons. The molecule has 0 spiro atoms. The smallest absolute Gasteiger partial charge is 0.400 e. The highest BCUT2D eigenvalue weighted by atomic mass is 19.3. The lowest BCUT2D eigenvalue weighted by atomic mass is 9.68. The highest BCUT2D eigenvalue weighted by molar-refractivity contribution is 5.59. The number of rotatable bonds is 11. The Morgan fingerprint density at radius 3 is 2.13 bits per heavy atom. The number of benzene rings is 2. The molecule has 3 aliphatic rings. The van der Waals surface area contributed by atoms with Crippen LogP contribution in [0.4, 0.5) is 26.3 Å². The molecule has 45 heavy (non-hydrogen) atoms. The first-order valence-corrected chi connectivity index (χ1v) is 16.5. The molecule has 3 nitrogen and oxygen atoms in total. The van der Waals surface area contributed by atoms with Gasteiger partial charge in [0.25, 0.3) is 0 Å². The van der Waals surface area contributed by atoms with Crippen molar-refractivity contribution in [1.29, 1.82) is 0 Å². The molecular formula is C36H44F6O3. The summed E-state index contributed by atoms with van der Waals surface area (Å²) in [5.74, 6) is -3.03. The van der Waals surface area contributed by atoms with E-state index in [9.17, 15) is 22.0 Å². The molecule has 1 aliphatic heterocycles. The van der Waals surface area contributed by atoms with Gasteiger partial charge in [0.05, 0.1) is 19.1 Å². The van der Waals surface area contributed by atoms with Crippen LogP contribution in [0.3, 0.4) is 0 Å². The molecule has 3 fully saturated rings. The molecule has 0 unspecified atom stereocenters. The van der Waals surface area contributed by atoms with Gasteiger partial charge in [-0.3, -0.25) is 0 Å². The Bertz CT molecular complexity index is 1280. The molecule has 0 N–H and O–H groups in total. The normalized spacial score (nSPS) is 28.2. The van der Waals surface area contributed by atoms with Crippen LogP contribution in [-0.4, -0.2) is 19.3 Å². The minimum Gasteiger partial charge on any atom is -0.432 e. The van der Waals surface area contributed by atoms with Gasteiger partial charge in [0, 0.05) is 23.1 Å². The maximum absolute atomic E-state index is 15.3. The van der Waals surface area contributed by atoms with Crippen LogP contribution in [0.15, 0.2) is 42.7 Å². The second-order valence-corrected chi connectivity index (χ2v) is 13.1. The van der Waals surface area contributed by atoms with E-state index in [1.165, 1.54) is 19.3 Å². The van der Waals surface area contributed by atoms with Crippen LogP contribution < -0.4 is 4.74 Å². The Morgan fingerprint density at radius 1 is 0.867 bits per heavy atom. The van der Waals surface area contributed by atoms with Gasteiger partial charge in [-0.25, -0.2) is 17.6 Å². The van der Waals surface area contributed by atoms with Gasteiger partial charge in [-0.1, -0.05) is 38.3 Å². The zero-order valence-corrected chi connectivity index (χ0v) is 25.9. The van der Waals surface area contributed by atoms with Crippen molar-refractivity contribution >= 4 is 5.83 Å². The van der Waals surface area contributed by atoms with Gasteiger partial charge in [-0.2, -0.15) is 8.78 Å². The highest BCUT2D eigenvalue weighted by Gasteiger charge is 2.45. The Kier molecular flexibility index (Phi) is 11.6. The largest absolute Gasteiger partial charge is 0.432 e. The predicted octanol–water partition coefficient (Wildman–Crippen LogP) is 11.2. The van der Waals surface area contributed by atoms with Gasteiger partial charge < -0.3 is 14.2 Å². The first-order chi connectivity index (χ1) is 21.7. The summed E-state index contributed by atoms with van der Waals surface area (Å²) in [6, 6.07) is 7.87. The van der Waals surface area contributed by atoms with E-state index >= 15 is 4.39 Å². The molecule has 0 amide bonds. The second kappa shape index (κ2) is 15.4. The van der Waals surface area contributed by atoms with Gasteiger partial charge in [0.2, 0.25) is 0 Å². The molecule has 1 heterocycles. The van der Waals surface area contributed by atoms with E-state index in [1.807, 2.05) is 12.1 Å². The van der Waals surface area contributed by atoms with E-state index in [-0.39, 0.29) is 30.9 Å².